The molecule has 0 saturated heterocycles. The smallest absolute Gasteiger partial charge is 0.161 e. The van der Waals surface area contributed by atoms with Gasteiger partial charge in [-0.1, -0.05) is 23.2 Å². The van der Waals surface area contributed by atoms with Crippen LogP contribution in [0.5, 0.6) is 0 Å². The van der Waals surface area contributed by atoms with Crippen molar-refractivity contribution in [1.82, 2.24) is 0 Å². The van der Waals surface area contributed by atoms with Gasteiger partial charge in [0.2, 0.25) is 0 Å². The van der Waals surface area contributed by atoms with Crippen LogP contribution in [0.2, 0.25) is 10.0 Å². The van der Waals surface area contributed by atoms with E-state index in [1.54, 1.807) is 12.1 Å². The molecule has 64 valence electrons. The van der Waals surface area contributed by atoms with Gasteiger partial charge in [0.05, 0.1) is 10.0 Å². The molecular formula is C8H5Cl2IO. The zero-order valence-corrected chi connectivity index (χ0v) is 9.87. The van der Waals surface area contributed by atoms with Crippen molar-refractivity contribution in [2.75, 3.05) is 0 Å². The number of carbonyl (C=O) groups excluding carboxylic acids is 1. The molecular weight excluding hydrogens is 310 g/mol. The van der Waals surface area contributed by atoms with Gasteiger partial charge >= 0.3 is 0 Å². The summed E-state index contributed by atoms with van der Waals surface area (Å²) < 4.78 is 0.909. The van der Waals surface area contributed by atoms with Gasteiger partial charge < -0.3 is 0 Å². The van der Waals surface area contributed by atoms with Crippen molar-refractivity contribution in [2.45, 2.75) is 6.92 Å². The summed E-state index contributed by atoms with van der Waals surface area (Å²) in [7, 11) is 0. The first-order chi connectivity index (χ1) is 5.52. The van der Waals surface area contributed by atoms with Gasteiger partial charge in [0, 0.05) is 9.13 Å². The van der Waals surface area contributed by atoms with Crippen LogP contribution in [0.3, 0.4) is 0 Å². The zero-order chi connectivity index (χ0) is 9.30. The van der Waals surface area contributed by atoms with Crippen LogP contribution in [0.15, 0.2) is 12.1 Å². The average molecular weight is 315 g/mol. The molecule has 0 atom stereocenters. The van der Waals surface area contributed by atoms with Crippen LogP contribution in [0, 0.1) is 3.57 Å². The van der Waals surface area contributed by atoms with E-state index in [9.17, 15) is 4.79 Å². The fraction of sp³-hybridized carbons (Fsp3) is 0.125. The summed E-state index contributed by atoms with van der Waals surface area (Å²) in [4.78, 5) is 11.0. The van der Waals surface area contributed by atoms with Crippen molar-refractivity contribution < 1.29 is 4.79 Å². The number of hydrogen-bond donors (Lipinski definition) is 0. The average Bonchev–Trinajstić information content (AvgIpc) is 1.96. The summed E-state index contributed by atoms with van der Waals surface area (Å²) in [5.41, 5.74) is 0.480. The maximum Gasteiger partial charge on any atom is 0.161 e. The molecule has 4 heteroatoms. The predicted octanol–water partition coefficient (Wildman–Crippen LogP) is 3.80. The molecule has 0 aliphatic carbocycles. The molecule has 0 fully saturated rings. The van der Waals surface area contributed by atoms with Crippen LogP contribution < -0.4 is 0 Å². The second-order valence-corrected chi connectivity index (χ2v) is 4.34. The lowest BCUT2D eigenvalue weighted by molar-refractivity contribution is 0.101. The fourth-order valence-electron chi connectivity index (χ4n) is 0.812. The molecule has 0 heterocycles. The quantitative estimate of drug-likeness (QED) is 0.438. The van der Waals surface area contributed by atoms with Crippen LogP contribution in [-0.4, -0.2) is 5.78 Å². The normalized spacial score (nSPS) is 10.0. The van der Waals surface area contributed by atoms with Crippen LogP contribution in [0.25, 0.3) is 0 Å². The molecule has 1 rings (SSSR count). The van der Waals surface area contributed by atoms with Crippen molar-refractivity contribution in [3.05, 3.63) is 31.3 Å². The van der Waals surface area contributed by atoms with Gasteiger partial charge in [-0.25, -0.2) is 0 Å². The Morgan fingerprint density at radius 2 is 2.00 bits per heavy atom. The molecule has 0 aliphatic rings. The minimum atomic E-state index is -0.0691. The molecule has 0 spiro atoms. The highest BCUT2D eigenvalue weighted by atomic mass is 127. The van der Waals surface area contributed by atoms with Gasteiger partial charge in [0.1, 0.15) is 0 Å². The molecule has 1 aromatic carbocycles. The molecule has 0 unspecified atom stereocenters. The number of carbonyl (C=O) groups is 1. The Hall–Kier alpha value is 0.200. The lowest BCUT2D eigenvalue weighted by Crippen LogP contribution is -1.94. The molecule has 0 amide bonds. The molecule has 0 saturated carbocycles. The molecule has 1 aromatic rings. The van der Waals surface area contributed by atoms with E-state index < -0.39 is 0 Å². The lowest BCUT2D eigenvalue weighted by Gasteiger charge is -2.02. The van der Waals surface area contributed by atoms with Gasteiger partial charge in [0.25, 0.3) is 0 Å². The first kappa shape index (κ1) is 10.3. The van der Waals surface area contributed by atoms with Crippen LogP contribution in [-0.2, 0) is 0 Å². The number of Topliss-reactive ketones (excluding diaryl/α,β-unsaturated/α-hetero) is 1. The highest BCUT2D eigenvalue weighted by molar-refractivity contribution is 14.1. The minimum Gasteiger partial charge on any atom is -0.294 e. The van der Waals surface area contributed by atoms with E-state index in [-0.39, 0.29) is 5.78 Å². The number of benzene rings is 1. The first-order valence-corrected chi connectivity index (χ1v) is 5.01. The second-order valence-electron chi connectivity index (χ2n) is 2.31. The Labute approximate surface area is 94.2 Å². The molecule has 0 aromatic heterocycles. The third kappa shape index (κ3) is 2.12. The predicted molar refractivity (Wildman–Crippen MR) is 59.2 cm³/mol. The van der Waals surface area contributed by atoms with Gasteiger partial charge in [-0.3, -0.25) is 4.79 Å². The Bertz CT molecular complexity index is 336. The largest absolute Gasteiger partial charge is 0.294 e. The molecule has 1 nitrogen and oxygen atoms in total. The minimum absolute atomic E-state index is 0.0691. The summed E-state index contributed by atoms with van der Waals surface area (Å²) in [6.45, 7) is 1.47. The van der Waals surface area contributed by atoms with Crippen molar-refractivity contribution in [3.63, 3.8) is 0 Å². The molecule has 12 heavy (non-hydrogen) atoms. The van der Waals surface area contributed by atoms with Gasteiger partial charge in [-0.05, 0) is 41.6 Å². The number of hydrogen-bond acceptors (Lipinski definition) is 1. The van der Waals surface area contributed by atoms with E-state index in [2.05, 4.69) is 22.6 Å². The Balaban J connectivity index is 3.37. The monoisotopic (exact) mass is 314 g/mol. The number of ketones is 1. The summed E-state index contributed by atoms with van der Waals surface area (Å²) in [6.07, 6.45) is 0. The van der Waals surface area contributed by atoms with E-state index in [1.807, 2.05) is 0 Å². The van der Waals surface area contributed by atoms with E-state index in [1.165, 1.54) is 6.92 Å². The molecule has 0 N–H and O–H groups in total. The van der Waals surface area contributed by atoms with Crippen molar-refractivity contribution in [3.8, 4) is 0 Å². The Morgan fingerprint density at radius 1 is 1.42 bits per heavy atom. The SMILES string of the molecule is CC(=O)c1cc(I)cc(Cl)c1Cl. The number of halogens is 3. The Morgan fingerprint density at radius 3 is 2.50 bits per heavy atom. The summed E-state index contributed by atoms with van der Waals surface area (Å²) in [5.74, 6) is -0.0691. The third-order valence-corrected chi connectivity index (χ3v) is 2.80. The Kier molecular flexibility index (Phi) is 3.37. The second kappa shape index (κ2) is 3.94. The van der Waals surface area contributed by atoms with Crippen LogP contribution in [0.4, 0.5) is 0 Å². The topological polar surface area (TPSA) is 17.1 Å². The maximum atomic E-state index is 11.0. The fourth-order valence-corrected chi connectivity index (χ4v) is 2.08. The van der Waals surface area contributed by atoms with E-state index in [0.717, 1.165) is 3.57 Å². The molecule has 0 radical (unpaired) electrons. The lowest BCUT2D eigenvalue weighted by atomic mass is 10.1. The van der Waals surface area contributed by atoms with Gasteiger partial charge in [-0.15, -0.1) is 0 Å². The first-order valence-electron chi connectivity index (χ1n) is 3.18. The van der Waals surface area contributed by atoms with E-state index >= 15 is 0 Å². The van der Waals surface area contributed by atoms with Crippen molar-refractivity contribution in [2.24, 2.45) is 0 Å². The highest BCUT2D eigenvalue weighted by Gasteiger charge is 2.09. The van der Waals surface area contributed by atoms with Crippen molar-refractivity contribution in [1.29, 1.82) is 0 Å². The number of rotatable bonds is 1. The maximum absolute atomic E-state index is 11.0. The van der Waals surface area contributed by atoms with Crippen molar-refractivity contribution >= 4 is 51.6 Å². The summed E-state index contributed by atoms with van der Waals surface area (Å²) in [6, 6.07) is 3.44. The standard InChI is InChI=1S/C8H5Cl2IO/c1-4(12)6-2-5(11)3-7(9)8(6)10/h2-3H,1H3. The van der Waals surface area contributed by atoms with Crippen LogP contribution >= 0.6 is 45.8 Å². The summed E-state index contributed by atoms with van der Waals surface area (Å²) in [5, 5.41) is 0.762. The third-order valence-electron chi connectivity index (χ3n) is 1.37. The summed E-state index contributed by atoms with van der Waals surface area (Å²) >= 11 is 13.7. The molecule has 0 bridgehead atoms. The molecule has 0 aliphatic heterocycles. The highest BCUT2D eigenvalue weighted by Crippen LogP contribution is 2.28. The van der Waals surface area contributed by atoms with Gasteiger partial charge in [-0.2, -0.15) is 0 Å². The van der Waals surface area contributed by atoms with E-state index in [4.69, 9.17) is 23.2 Å². The van der Waals surface area contributed by atoms with Crippen LogP contribution in [0.1, 0.15) is 17.3 Å². The zero-order valence-electron chi connectivity index (χ0n) is 6.20. The van der Waals surface area contributed by atoms with Gasteiger partial charge in [0.15, 0.2) is 5.78 Å². The van der Waals surface area contributed by atoms with E-state index in [0.29, 0.717) is 15.6 Å².